The zero-order valence-electron chi connectivity index (χ0n) is 14.3. The second kappa shape index (κ2) is 6.26. The van der Waals surface area contributed by atoms with Crippen LogP contribution >= 0.6 is 0 Å². The smallest absolute Gasteiger partial charge is 0.295 e. The van der Waals surface area contributed by atoms with Crippen LogP contribution in [0, 0.1) is 0 Å². The maximum absolute atomic E-state index is 12.7. The summed E-state index contributed by atoms with van der Waals surface area (Å²) < 4.78 is 3.11. The first-order valence-corrected chi connectivity index (χ1v) is 8.52. The van der Waals surface area contributed by atoms with Gasteiger partial charge in [0.15, 0.2) is 0 Å². The number of benzene rings is 1. The van der Waals surface area contributed by atoms with Crippen molar-refractivity contribution in [2.45, 2.75) is 51.5 Å². The third-order valence-electron chi connectivity index (χ3n) is 5.09. The Kier molecular flexibility index (Phi) is 4.30. The summed E-state index contributed by atoms with van der Waals surface area (Å²) in [7, 11) is 1.73. The Morgan fingerprint density at radius 1 is 1.17 bits per heavy atom. The van der Waals surface area contributed by atoms with Gasteiger partial charge in [-0.1, -0.05) is 19.9 Å². The van der Waals surface area contributed by atoms with Crippen molar-refractivity contribution in [1.82, 2.24) is 14.5 Å². The largest absolute Gasteiger partial charge is 0.329 e. The number of rotatable bonds is 4. The topological polar surface area (TPSA) is 73.1 Å². The van der Waals surface area contributed by atoms with E-state index in [9.17, 15) is 14.4 Å². The number of imidazole rings is 1. The summed E-state index contributed by atoms with van der Waals surface area (Å²) in [5, 5.41) is 2.33. The summed E-state index contributed by atoms with van der Waals surface area (Å²) in [4.78, 5) is 36.2. The van der Waals surface area contributed by atoms with Gasteiger partial charge in [0.2, 0.25) is 11.8 Å². The van der Waals surface area contributed by atoms with E-state index in [-0.39, 0.29) is 18.0 Å². The van der Waals surface area contributed by atoms with Crippen LogP contribution in [0.25, 0.3) is 11.0 Å². The summed E-state index contributed by atoms with van der Waals surface area (Å²) in [6, 6.07) is 5.39. The standard InChI is InChI=1S/C18H23N3O3/c1-4-11(5-2)12-6-7-13-15(10-12)20(3)18(24)21(13)14-8-9-16(22)19-17(14)23/h6-7,10-11,14H,4-5,8-9H2,1-3H3,(H,19,22,23). The molecule has 24 heavy (non-hydrogen) atoms. The minimum atomic E-state index is -0.627. The van der Waals surface area contributed by atoms with Gasteiger partial charge in [0.25, 0.3) is 0 Å². The van der Waals surface area contributed by atoms with Crippen molar-refractivity contribution in [3.63, 3.8) is 0 Å². The number of nitrogens with one attached hydrogen (secondary N) is 1. The lowest BCUT2D eigenvalue weighted by Gasteiger charge is -2.22. The lowest BCUT2D eigenvalue weighted by atomic mass is 9.93. The molecule has 1 aromatic carbocycles. The van der Waals surface area contributed by atoms with Crippen LogP contribution in [0.4, 0.5) is 0 Å². The van der Waals surface area contributed by atoms with E-state index in [1.807, 2.05) is 12.1 Å². The highest BCUT2D eigenvalue weighted by Gasteiger charge is 2.31. The molecule has 1 fully saturated rings. The Morgan fingerprint density at radius 3 is 2.50 bits per heavy atom. The molecule has 1 aliphatic heterocycles. The average molecular weight is 329 g/mol. The maximum Gasteiger partial charge on any atom is 0.329 e. The van der Waals surface area contributed by atoms with Gasteiger partial charge in [-0.2, -0.15) is 0 Å². The monoisotopic (exact) mass is 329 g/mol. The normalized spacial score (nSPS) is 18.4. The molecule has 6 nitrogen and oxygen atoms in total. The molecule has 2 amide bonds. The van der Waals surface area contributed by atoms with Gasteiger partial charge in [0.1, 0.15) is 6.04 Å². The minimum absolute atomic E-state index is 0.221. The number of hydrogen-bond donors (Lipinski definition) is 1. The summed E-state index contributed by atoms with van der Waals surface area (Å²) in [5.74, 6) is -0.214. The fourth-order valence-electron chi connectivity index (χ4n) is 3.62. The van der Waals surface area contributed by atoms with Crippen LogP contribution < -0.4 is 11.0 Å². The van der Waals surface area contributed by atoms with Crippen molar-refractivity contribution in [1.29, 1.82) is 0 Å². The molecule has 1 aromatic heterocycles. The Morgan fingerprint density at radius 2 is 1.88 bits per heavy atom. The van der Waals surface area contributed by atoms with Crippen LogP contribution in [-0.4, -0.2) is 20.9 Å². The van der Waals surface area contributed by atoms with E-state index in [1.54, 1.807) is 11.6 Å². The molecular formula is C18H23N3O3. The lowest BCUT2D eigenvalue weighted by Crippen LogP contribution is -2.44. The molecule has 0 aliphatic carbocycles. The Balaban J connectivity index is 2.13. The third-order valence-corrected chi connectivity index (χ3v) is 5.09. The van der Waals surface area contributed by atoms with Crippen molar-refractivity contribution < 1.29 is 9.59 Å². The van der Waals surface area contributed by atoms with Crippen LogP contribution in [0.15, 0.2) is 23.0 Å². The van der Waals surface area contributed by atoms with Gasteiger partial charge >= 0.3 is 5.69 Å². The fourth-order valence-corrected chi connectivity index (χ4v) is 3.62. The van der Waals surface area contributed by atoms with Crippen molar-refractivity contribution in [2.24, 2.45) is 7.05 Å². The highest BCUT2D eigenvalue weighted by Crippen LogP contribution is 2.28. The van der Waals surface area contributed by atoms with Gasteiger partial charge in [-0.15, -0.1) is 0 Å². The van der Waals surface area contributed by atoms with Crippen LogP contribution in [0.1, 0.15) is 57.1 Å². The quantitative estimate of drug-likeness (QED) is 0.874. The van der Waals surface area contributed by atoms with E-state index in [4.69, 9.17) is 0 Å². The average Bonchev–Trinajstić information content (AvgIpc) is 2.81. The van der Waals surface area contributed by atoms with Gasteiger partial charge in [0, 0.05) is 13.5 Å². The molecule has 0 bridgehead atoms. The van der Waals surface area contributed by atoms with Gasteiger partial charge in [-0.3, -0.25) is 24.0 Å². The maximum atomic E-state index is 12.7. The van der Waals surface area contributed by atoms with E-state index < -0.39 is 11.9 Å². The first-order chi connectivity index (χ1) is 11.5. The van der Waals surface area contributed by atoms with E-state index in [0.29, 0.717) is 12.3 Å². The van der Waals surface area contributed by atoms with Gasteiger partial charge in [-0.05, 0) is 42.9 Å². The zero-order valence-corrected chi connectivity index (χ0v) is 14.3. The summed E-state index contributed by atoms with van der Waals surface area (Å²) >= 11 is 0. The molecule has 1 N–H and O–H groups in total. The molecule has 6 heteroatoms. The number of carbonyl (C=O) groups is 2. The van der Waals surface area contributed by atoms with Crippen LogP contribution in [0.3, 0.4) is 0 Å². The van der Waals surface area contributed by atoms with E-state index in [1.165, 1.54) is 10.1 Å². The number of carbonyl (C=O) groups excluding carboxylic acids is 2. The van der Waals surface area contributed by atoms with E-state index >= 15 is 0 Å². The third kappa shape index (κ3) is 2.56. The molecule has 1 saturated heterocycles. The van der Waals surface area contributed by atoms with E-state index in [2.05, 4.69) is 25.2 Å². The zero-order chi connectivity index (χ0) is 17.4. The first-order valence-electron chi connectivity index (χ1n) is 8.52. The molecule has 2 heterocycles. The molecule has 1 atom stereocenters. The second-order valence-corrected chi connectivity index (χ2v) is 6.44. The van der Waals surface area contributed by atoms with Gasteiger partial charge < -0.3 is 0 Å². The number of fused-ring (bicyclic) bond motifs is 1. The highest BCUT2D eigenvalue weighted by atomic mass is 16.2. The molecular weight excluding hydrogens is 306 g/mol. The van der Waals surface area contributed by atoms with Gasteiger partial charge in [0.05, 0.1) is 11.0 Å². The SMILES string of the molecule is CCC(CC)c1ccc2c(c1)n(C)c(=O)n2C1CCC(=O)NC1=O. The number of piperidine rings is 1. The molecule has 0 spiro atoms. The van der Waals surface area contributed by atoms with E-state index in [0.717, 1.165) is 23.9 Å². The van der Waals surface area contributed by atoms with Crippen molar-refractivity contribution in [3.05, 3.63) is 34.2 Å². The lowest BCUT2D eigenvalue weighted by molar-refractivity contribution is -0.135. The molecule has 1 unspecified atom stereocenters. The van der Waals surface area contributed by atoms with Crippen molar-refractivity contribution in [3.8, 4) is 0 Å². The van der Waals surface area contributed by atoms with Crippen molar-refractivity contribution in [2.75, 3.05) is 0 Å². The summed E-state index contributed by atoms with van der Waals surface area (Å²) in [6.07, 6.45) is 2.71. The highest BCUT2D eigenvalue weighted by molar-refractivity contribution is 6.00. The molecule has 1 aliphatic rings. The van der Waals surface area contributed by atoms with Crippen LogP contribution in [0.5, 0.6) is 0 Å². The van der Waals surface area contributed by atoms with Crippen LogP contribution in [-0.2, 0) is 16.6 Å². The molecule has 2 aromatic rings. The number of aryl methyl sites for hydroxylation is 1. The summed E-state index contributed by atoms with van der Waals surface area (Å²) in [5.41, 5.74) is 2.56. The molecule has 3 rings (SSSR count). The Hall–Kier alpha value is -2.37. The number of hydrogen-bond acceptors (Lipinski definition) is 3. The second-order valence-electron chi connectivity index (χ2n) is 6.44. The predicted molar refractivity (Wildman–Crippen MR) is 91.9 cm³/mol. The number of amides is 2. The molecule has 0 radical (unpaired) electrons. The minimum Gasteiger partial charge on any atom is -0.295 e. The van der Waals surface area contributed by atoms with Crippen LogP contribution in [0.2, 0.25) is 0 Å². The number of nitrogens with zero attached hydrogens (tertiary/aromatic N) is 2. The van der Waals surface area contributed by atoms with Gasteiger partial charge in [-0.25, -0.2) is 4.79 Å². The fraction of sp³-hybridized carbons (Fsp3) is 0.500. The number of aromatic nitrogens is 2. The Bertz CT molecular complexity index is 858. The van der Waals surface area contributed by atoms with Crippen molar-refractivity contribution >= 4 is 22.8 Å². The molecule has 128 valence electrons. The predicted octanol–water partition coefficient (Wildman–Crippen LogP) is 2.22. The Labute approximate surface area is 140 Å². The number of imide groups is 1. The summed E-state index contributed by atoms with van der Waals surface area (Å²) in [6.45, 7) is 4.32. The molecule has 0 saturated carbocycles. The first kappa shape index (κ1) is 16.5.